The number of allylic oxidation sites excluding steroid dienone is 1. The van der Waals surface area contributed by atoms with Crippen LogP contribution < -0.4 is 0 Å². The highest BCUT2D eigenvalue weighted by atomic mass is 16.3. The highest BCUT2D eigenvalue weighted by Crippen LogP contribution is 2.33. The lowest BCUT2D eigenvalue weighted by atomic mass is 9.72. The van der Waals surface area contributed by atoms with Gasteiger partial charge < -0.3 is 5.11 Å². The van der Waals surface area contributed by atoms with E-state index in [9.17, 15) is 9.90 Å². The van der Waals surface area contributed by atoms with Crippen LogP contribution in [-0.4, -0.2) is 17.0 Å². The van der Waals surface area contributed by atoms with Crippen molar-refractivity contribution < 1.29 is 9.90 Å². The number of aliphatic hydroxyl groups is 1. The van der Waals surface area contributed by atoms with E-state index in [-0.39, 0.29) is 5.78 Å². The quantitative estimate of drug-likeness (QED) is 0.766. The van der Waals surface area contributed by atoms with Crippen LogP contribution in [0.4, 0.5) is 0 Å². The van der Waals surface area contributed by atoms with E-state index in [1.807, 2.05) is 30.3 Å². The van der Waals surface area contributed by atoms with Crippen LogP contribution in [0, 0.1) is 5.41 Å². The predicted molar refractivity (Wildman–Crippen MR) is 69.8 cm³/mol. The van der Waals surface area contributed by atoms with Crippen molar-refractivity contribution in [2.75, 3.05) is 0 Å². The Balaban J connectivity index is 3.05. The first kappa shape index (κ1) is 13.7. The van der Waals surface area contributed by atoms with Crippen molar-refractivity contribution in [1.29, 1.82) is 0 Å². The average molecular weight is 232 g/mol. The zero-order valence-electron chi connectivity index (χ0n) is 10.5. The molecular weight excluding hydrogens is 212 g/mol. The molecule has 1 aromatic rings. The first-order chi connectivity index (χ1) is 8.03. The minimum Gasteiger partial charge on any atom is -0.392 e. The van der Waals surface area contributed by atoms with Gasteiger partial charge in [-0.1, -0.05) is 36.4 Å². The van der Waals surface area contributed by atoms with Crippen LogP contribution in [0.5, 0.6) is 0 Å². The Hall–Kier alpha value is -1.41. The average Bonchev–Trinajstić information content (AvgIpc) is 2.29. The van der Waals surface area contributed by atoms with E-state index in [0.29, 0.717) is 12.8 Å². The highest BCUT2D eigenvalue weighted by Gasteiger charge is 2.39. The third-order valence-electron chi connectivity index (χ3n) is 3.37. The Bertz CT molecular complexity index is 381. The summed E-state index contributed by atoms with van der Waals surface area (Å²) in [6.07, 6.45) is 2.07. The molecule has 0 bridgehead atoms. The third-order valence-corrected chi connectivity index (χ3v) is 3.37. The monoisotopic (exact) mass is 232 g/mol. The first-order valence-electron chi connectivity index (χ1n) is 5.87. The second kappa shape index (κ2) is 5.78. The van der Waals surface area contributed by atoms with Gasteiger partial charge in [0.25, 0.3) is 0 Å². The second-order valence-corrected chi connectivity index (χ2v) is 4.54. The van der Waals surface area contributed by atoms with Crippen molar-refractivity contribution in [2.24, 2.45) is 5.41 Å². The number of rotatable bonds is 6. The molecule has 1 rings (SSSR count). The van der Waals surface area contributed by atoms with E-state index in [4.69, 9.17) is 0 Å². The predicted octanol–water partition coefficient (Wildman–Crippen LogP) is 2.76. The fourth-order valence-electron chi connectivity index (χ4n) is 2.17. The fraction of sp³-hybridized carbons (Fsp3) is 0.400. The van der Waals surface area contributed by atoms with Crippen molar-refractivity contribution in [3.63, 3.8) is 0 Å². The van der Waals surface area contributed by atoms with E-state index in [2.05, 4.69) is 6.58 Å². The third kappa shape index (κ3) is 3.04. The molecule has 1 aromatic carbocycles. The SMILES string of the molecule is C=CC[C@@](Cc1ccccc1)(C(C)=O)[C@H](C)O. The second-order valence-electron chi connectivity index (χ2n) is 4.54. The van der Waals surface area contributed by atoms with Crippen LogP contribution in [-0.2, 0) is 11.2 Å². The zero-order valence-corrected chi connectivity index (χ0v) is 10.5. The summed E-state index contributed by atoms with van der Waals surface area (Å²) in [6.45, 7) is 6.90. The van der Waals surface area contributed by atoms with Crippen molar-refractivity contribution in [1.82, 2.24) is 0 Å². The maximum absolute atomic E-state index is 11.9. The largest absolute Gasteiger partial charge is 0.392 e. The number of carbonyl (C=O) groups is 1. The maximum atomic E-state index is 11.9. The van der Waals surface area contributed by atoms with Crippen LogP contribution in [0.3, 0.4) is 0 Å². The topological polar surface area (TPSA) is 37.3 Å². The van der Waals surface area contributed by atoms with Gasteiger partial charge in [0.2, 0.25) is 0 Å². The molecule has 0 amide bonds. The molecule has 17 heavy (non-hydrogen) atoms. The van der Waals surface area contributed by atoms with Gasteiger partial charge in [0, 0.05) is 0 Å². The Morgan fingerprint density at radius 2 is 2.06 bits per heavy atom. The lowest BCUT2D eigenvalue weighted by molar-refractivity contribution is -0.132. The standard InChI is InChI=1S/C15H20O2/c1-4-10-15(12(2)16,13(3)17)11-14-8-6-5-7-9-14/h4-9,12,16H,1,10-11H2,2-3H3/t12-,15-/m0/s1. The summed E-state index contributed by atoms with van der Waals surface area (Å²) in [7, 11) is 0. The van der Waals surface area contributed by atoms with Gasteiger partial charge in [-0.25, -0.2) is 0 Å². The summed E-state index contributed by atoms with van der Waals surface area (Å²) < 4.78 is 0. The van der Waals surface area contributed by atoms with Gasteiger partial charge in [-0.2, -0.15) is 0 Å². The zero-order chi connectivity index (χ0) is 12.9. The van der Waals surface area contributed by atoms with E-state index in [1.165, 1.54) is 0 Å². The van der Waals surface area contributed by atoms with Gasteiger partial charge in [0.05, 0.1) is 11.5 Å². The van der Waals surface area contributed by atoms with Crippen molar-refractivity contribution in [3.05, 3.63) is 48.6 Å². The number of ketones is 1. The first-order valence-corrected chi connectivity index (χ1v) is 5.87. The molecule has 2 atom stereocenters. The Labute approximate surface area is 103 Å². The van der Waals surface area contributed by atoms with Crippen LogP contribution in [0.25, 0.3) is 0 Å². The summed E-state index contributed by atoms with van der Waals surface area (Å²) in [6, 6.07) is 9.77. The van der Waals surface area contributed by atoms with Gasteiger partial charge in [-0.05, 0) is 32.3 Å². The molecule has 1 N–H and O–H groups in total. The number of benzene rings is 1. The number of Topliss-reactive ketones (excluding diaryl/α,β-unsaturated/α-hetero) is 1. The molecule has 0 unspecified atom stereocenters. The minimum atomic E-state index is -0.747. The molecule has 0 heterocycles. The normalized spacial score (nSPS) is 15.9. The van der Waals surface area contributed by atoms with E-state index in [1.54, 1.807) is 19.9 Å². The number of carbonyl (C=O) groups excluding carboxylic acids is 1. The van der Waals surface area contributed by atoms with E-state index >= 15 is 0 Å². The molecule has 0 aliphatic rings. The highest BCUT2D eigenvalue weighted by molar-refractivity contribution is 5.83. The Morgan fingerprint density at radius 1 is 1.47 bits per heavy atom. The Morgan fingerprint density at radius 3 is 2.47 bits per heavy atom. The lowest BCUT2D eigenvalue weighted by Gasteiger charge is -2.33. The molecule has 0 fully saturated rings. The molecule has 0 saturated heterocycles. The van der Waals surface area contributed by atoms with Gasteiger partial charge in [0.1, 0.15) is 5.78 Å². The summed E-state index contributed by atoms with van der Waals surface area (Å²) in [5, 5.41) is 9.96. The van der Waals surface area contributed by atoms with Crippen LogP contribution in [0.1, 0.15) is 25.8 Å². The number of hydrogen-bond donors (Lipinski definition) is 1. The van der Waals surface area contributed by atoms with Gasteiger partial charge in [0.15, 0.2) is 0 Å². The molecular formula is C15H20O2. The van der Waals surface area contributed by atoms with Gasteiger partial charge >= 0.3 is 0 Å². The van der Waals surface area contributed by atoms with Crippen LogP contribution in [0.2, 0.25) is 0 Å². The van der Waals surface area contributed by atoms with Gasteiger partial charge in [-0.15, -0.1) is 6.58 Å². The lowest BCUT2D eigenvalue weighted by Crippen LogP contribution is -2.41. The number of aliphatic hydroxyl groups excluding tert-OH is 1. The van der Waals surface area contributed by atoms with Crippen molar-refractivity contribution >= 4 is 5.78 Å². The molecule has 0 spiro atoms. The molecule has 92 valence electrons. The van der Waals surface area contributed by atoms with Crippen molar-refractivity contribution in [3.8, 4) is 0 Å². The van der Waals surface area contributed by atoms with Crippen LogP contribution in [0.15, 0.2) is 43.0 Å². The molecule has 0 aliphatic heterocycles. The molecule has 0 saturated carbocycles. The molecule has 2 heteroatoms. The summed E-state index contributed by atoms with van der Waals surface area (Å²) in [5.41, 5.74) is 0.314. The van der Waals surface area contributed by atoms with Crippen LogP contribution >= 0.6 is 0 Å². The Kier molecular flexibility index (Phi) is 4.64. The molecule has 0 aliphatic carbocycles. The maximum Gasteiger partial charge on any atom is 0.139 e. The number of hydrogen-bond acceptors (Lipinski definition) is 2. The smallest absolute Gasteiger partial charge is 0.139 e. The fourth-order valence-corrected chi connectivity index (χ4v) is 2.17. The summed E-state index contributed by atoms with van der Waals surface area (Å²) in [4.78, 5) is 11.9. The van der Waals surface area contributed by atoms with Crippen molar-refractivity contribution in [2.45, 2.75) is 32.8 Å². The van der Waals surface area contributed by atoms with E-state index < -0.39 is 11.5 Å². The summed E-state index contributed by atoms with van der Waals surface area (Å²) in [5.74, 6) is 0.0104. The molecule has 0 radical (unpaired) electrons. The van der Waals surface area contributed by atoms with E-state index in [0.717, 1.165) is 5.56 Å². The summed E-state index contributed by atoms with van der Waals surface area (Å²) >= 11 is 0. The molecule has 2 nitrogen and oxygen atoms in total. The van der Waals surface area contributed by atoms with Gasteiger partial charge in [-0.3, -0.25) is 4.79 Å². The molecule has 0 aromatic heterocycles. The minimum absolute atomic E-state index is 0.0104.